The second-order valence-electron chi connectivity index (χ2n) is 6.90. The van der Waals surface area contributed by atoms with E-state index < -0.39 is 5.60 Å². The number of benzene rings is 1. The summed E-state index contributed by atoms with van der Waals surface area (Å²) in [5.41, 5.74) is 0.608. The number of hydrogen-bond donors (Lipinski definition) is 2. The van der Waals surface area contributed by atoms with Crippen LogP contribution in [0.5, 0.6) is 5.75 Å². The van der Waals surface area contributed by atoms with Gasteiger partial charge in [0, 0.05) is 10.9 Å². The smallest absolute Gasteiger partial charge is 0.354 e. The molecule has 1 aromatic carbocycles. The first-order chi connectivity index (χ1) is 11.2. The van der Waals surface area contributed by atoms with Gasteiger partial charge in [0.05, 0.1) is 13.2 Å². The van der Waals surface area contributed by atoms with Gasteiger partial charge in [0.15, 0.2) is 0 Å². The van der Waals surface area contributed by atoms with Crippen molar-refractivity contribution >= 4 is 16.9 Å². The number of H-pyrrole nitrogens is 1. The van der Waals surface area contributed by atoms with Crippen LogP contribution in [0.2, 0.25) is 0 Å². The van der Waals surface area contributed by atoms with Gasteiger partial charge in [-0.05, 0) is 51.0 Å². The summed E-state index contributed by atoms with van der Waals surface area (Å²) in [7, 11) is 0. The number of nitrogens with one attached hydrogen (secondary N) is 1. The molecule has 0 aliphatic rings. The molecule has 0 aliphatic heterocycles. The Hall–Kier alpha value is -2.01. The molecule has 1 aromatic heterocycles. The molecule has 0 atom stereocenters. The van der Waals surface area contributed by atoms with Gasteiger partial charge in [-0.25, -0.2) is 4.79 Å². The fourth-order valence-corrected chi connectivity index (χ4v) is 1.84. The minimum atomic E-state index is -0.645. The zero-order chi connectivity index (χ0) is 18.3. The van der Waals surface area contributed by atoms with Crippen molar-refractivity contribution in [2.75, 3.05) is 13.2 Å². The Bertz CT molecular complexity index is 656. The fourth-order valence-electron chi connectivity index (χ4n) is 1.84. The molecule has 5 heteroatoms. The van der Waals surface area contributed by atoms with E-state index in [0.29, 0.717) is 18.1 Å². The topological polar surface area (TPSA) is 71.6 Å². The van der Waals surface area contributed by atoms with Gasteiger partial charge in [0.1, 0.15) is 17.0 Å². The molecule has 0 bridgehead atoms. The molecule has 0 spiro atoms. The molecule has 134 valence electrons. The number of aromatic nitrogens is 1. The number of aromatic amines is 1. The predicted octanol–water partition coefficient (Wildman–Crippen LogP) is 4.16. The van der Waals surface area contributed by atoms with E-state index in [1.807, 2.05) is 12.1 Å². The normalized spacial score (nSPS) is 11.2. The van der Waals surface area contributed by atoms with Gasteiger partial charge in [-0.3, -0.25) is 0 Å². The van der Waals surface area contributed by atoms with Gasteiger partial charge in [0.25, 0.3) is 0 Å². The molecule has 2 N–H and O–H groups in total. The highest BCUT2D eigenvalue weighted by Crippen LogP contribution is 2.25. The van der Waals surface area contributed by atoms with Crippen molar-refractivity contribution in [1.29, 1.82) is 0 Å². The summed E-state index contributed by atoms with van der Waals surface area (Å²) in [6.45, 7) is 12.1. The summed E-state index contributed by atoms with van der Waals surface area (Å²) in [6.07, 6.45) is 0. The van der Waals surface area contributed by atoms with E-state index in [0.717, 1.165) is 16.8 Å². The Balaban J connectivity index is 0.000000648. The molecule has 0 aliphatic carbocycles. The summed E-state index contributed by atoms with van der Waals surface area (Å²) in [5.74, 6) is 1.10. The molecule has 24 heavy (non-hydrogen) atoms. The molecule has 0 fully saturated rings. The third kappa shape index (κ3) is 6.24. The Kier molecular flexibility index (Phi) is 7.29. The second kappa shape index (κ2) is 8.73. The van der Waals surface area contributed by atoms with Gasteiger partial charge in [-0.1, -0.05) is 20.8 Å². The Labute approximate surface area is 144 Å². The lowest BCUT2D eigenvalue weighted by molar-refractivity contribution is 0.0414. The van der Waals surface area contributed by atoms with E-state index in [-0.39, 0.29) is 12.6 Å². The van der Waals surface area contributed by atoms with Gasteiger partial charge in [-0.2, -0.15) is 0 Å². The average molecular weight is 335 g/mol. The average Bonchev–Trinajstić information content (AvgIpc) is 2.90. The van der Waals surface area contributed by atoms with Crippen LogP contribution in [0.25, 0.3) is 10.9 Å². The van der Waals surface area contributed by atoms with Crippen LogP contribution in [0.4, 0.5) is 0 Å². The predicted molar refractivity (Wildman–Crippen MR) is 96.6 cm³/mol. The lowest BCUT2D eigenvalue weighted by Gasteiger charge is -2.23. The largest absolute Gasteiger partial charge is 0.485 e. The highest BCUT2D eigenvalue weighted by molar-refractivity contribution is 5.95. The number of carbonyl (C=O) groups excluding carboxylic acids is 1. The van der Waals surface area contributed by atoms with E-state index in [9.17, 15) is 9.90 Å². The third-order valence-electron chi connectivity index (χ3n) is 2.86. The molecule has 0 saturated carbocycles. The van der Waals surface area contributed by atoms with Gasteiger partial charge >= 0.3 is 5.97 Å². The van der Waals surface area contributed by atoms with Crippen molar-refractivity contribution in [1.82, 2.24) is 4.98 Å². The van der Waals surface area contributed by atoms with Crippen molar-refractivity contribution in [3.05, 3.63) is 30.0 Å². The number of esters is 1. The minimum absolute atomic E-state index is 0.0771. The maximum Gasteiger partial charge on any atom is 0.354 e. The molecular formula is C19H29NO4. The highest BCUT2D eigenvalue weighted by Gasteiger charge is 2.18. The summed E-state index contributed by atoms with van der Waals surface area (Å²) in [6, 6.07) is 7.18. The highest BCUT2D eigenvalue weighted by atomic mass is 16.5. The van der Waals surface area contributed by atoms with E-state index in [4.69, 9.17) is 9.47 Å². The molecule has 0 saturated heterocycles. The number of aliphatic hydroxyl groups is 1. The number of aliphatic hydroxyl groups excluding tert-OH is 1. The van der Waals surface area contributed by atoms with Crippen LogP contribution in [0, 0.1) is 5.92 Å². The third-order valence-corrected chi connectivity index (χ3v) is 2.86. The maximum absolute atomic E-state index is 11.7. The van der Waals surface area contributed by atoms with Crippen molar-refractivity contribution in [3.63, 3.8) is 0 Å². The van der Waals surface area contributed by atoms with Crippen molar-refractivity contribution in [2.45, 2.75) is 47.1 Å². The SMILES string of the molecule is CC(C)C.CCOC(=O)c1cc2cc(OC(C)(C)CO)ccc2[nH]1. The quantitative estimate of drug-likeness (QED) is 0.805. The summed E-state index contributed by atoms with van der Waals surface area (Å²) < 4.78 is 10.6. The monoisotopic (exact) mass is 335 g/mol. The standard InChI is InChI=1S/C15H19NO4.C4H10/c1-4-19-14(18)13-8-10-7-11(5-6-12(10)16-13)20-15(2,3)9-17;1-4(2)3/h5-8,16-17H,4,9H2,1-3H3;4H,1-3H3. The molecule has 0 unspecified atom stereocenters. The number of fused-ring (bicyclic) bond motifs is 1. The zero-order valence-corrected chi connectivity index (χ0v) is 15.5. The molecular weight excluding hydrogens is 306 g/mol. The van der Waals surface area contributed by atoms with Crippen LogP contribution < -0.4 is 4.74 Å². The Morgan fingerprint density at radius 1 is 1.25 bits per heavy atom. The van der Waals surface area contributed by atoms with Crippen molar-refractivity contribution in [2.24, 2.45) is 5.92 Å². The lowest BCUT2D eigenvalue weighted by atomic mass is 10.1. The number of carbonyl (C=O) groups is 1. The minimum Gasteiger partial charge on any atom is -0.485 e. The number of ether oxygens (including phenoxy) is 2. The van der Waals surface area contributed by atoms with E-state index in [1.165, 1.54) is 0 Å². The molecule has 5 nitrogen and oxygen atoms in total. The molecule has 0 radical (unpaired) electrons. The van der Waals surface area contributed by atoms with Crippen LogP contribution in [0.15, 0.2) is 24.3 Å². The van der Waals surface area contributed by atoms with Crippen molar-refractivity contribution < 1.29 is 19.4 Å². The van der Waals surface area contributed by atoms with Crippen LogP contribution in [-0.4, -0.2) is 34.9 Å². The summed E-state index contributed by atoms with van der Waals surface area (Å²) >= 11 is 0. The second-order valence-corrected chi connectivity index (χ2v) is 6.90. The van der Waals surface area contributed by atoms with Crippen LogP contribution >= 0.6 is 0 Å². The Morgan fingerprint density at radius 2 is 1.88 bits per heavy atom. The number of rotatable bonds is 5. The van der Waals surface area contributed by atoms with Crippen molar-refractivity contribution in [3.8, 4) is 5.75 Å². The van der Waals surface area contributed by atoms with Gasteiger partial charge in [-0.15, -0.1) is 0 Å². The summed E-state index contributed by atoms with van der Waals surface area (Å²) in [4.78, 5) is 14.7. The maximum atomic E-state index is 11.7. The first-order valence-corrected chi connectivity index (χ1v) is 8.28. The van der Waals surface area contributed by atoms with E-state index in [2.05, 4.69) is 25.8 Å². The van der Waals surface area contributed by atoms with Crippen LogP contribution in [0.3, 0.4) is 0 Å². The fraction of sp³-hybridized carbons (Fsp3) is 0.526. The zero-order valence-electron chi connectivity index (χ0n) is 15.5. The van der Waals surface area contributed by atoms with Crippen LogP contribution in [0.1, 0.15) is 52.0 Å². The molecule has 1 heterocycles. The molecule has 2 rings (SSSR count). The first-order valence-electron chi connectivity index (χ1n) is 8.28. The van der Waals surface area contributed by atoms with Crippen LogP contribution in [-0.2, 0) is 4.74 Å². The number of hydrogen-bond acceptors (Lipinski definition) is 4. The Morgan fingerprint density at radius 3 is 2.42 bits per heavy atom. The van der Waals surface area contributed by atoms with Gasteiger partial charge < -0.3 is 19.6 Å². The van der Waals surface area contributed by atoms with Gasteiger partial charge in [0.2, 0.25) is 0 Å². The lowest BCUT2D eigenvalue weighted by Crippen LogP contribution is -2.32. The molecule has 2 aromatic rings. The first kappa shape index (κ1) is 20.0. The van der Waals surface area contributed by atoms with E-state index in [1.54, 1.807) is 32.9 Å². The summed E-state index contributed by atoms with van der Waals surface area (Å²) in [5, 5.41) is 10.1. The molecule has 0 amide bonds. The van der Waals surface area contributed by atoms with E-state index >= 15 is 0 Å².